The van der Waals surface area contributed by atoms with Crippen LogP contribution in [0.1, 0.15) is 12.2 Å². The average Bonchev–Trinajstić information content (AvgIpc) is 3.21. The second-order valence-corrected chi connectivity index (χ2v) is 5.88. The Morgan fingerprint density at radius 3 is 3.17 bits per heavy atom. The molecule has 0 aromatic carbocycles. The molecule has 0 bridgehead atoms. The zero-order valence-corrected chi connectivity index (χ0v) is 13.8. The predicted octanol–water partition coefficient (Wildman–Crippen LogP) is 0.815. The Labute approximate surface area is 136 Å². The molecule has 1 aliphatic heterocycles. The molecule has 7 nitrogen and oxygen atoms in total. The lowest BCUT2D eigenvalue weighted by Gasteiger charge is -2.24. The number of rotatable bonds is 5. The standard InChI is InChI=1S/C16H24N6O/c1-17-16(21(2)11-13-7-10-23-12-13)18-8-6-15-20-19-14-5-3-4-9-22(14)15/h3-5,9,13H,6-8,10-12H2,1-2H3,(H,17,18). The number of hydrogen-bond acceptors (Lipinski definition) is 4. The Morgan fingerprint density at radius 1 is 1.48 bits per heavy atom. The topological polar surface area (TPSA) is 67.0 Å². The third-order valence-corrected chi connectivity index (χ3v) is 4.15. The van der Waals surface area contributed by atoms with E-state index in [0.717, 1.165) is 56.6 Å². The van der Waals surface area contributed by atoms with E-state index in [1.807, 2.05) is 35.8 Å². The van der Waals surface area contributed by atoms with E-state index in [-0.39, 0.29) is 0 Å². The Hall–Kier alpha value is -2.15. The van der Waals surface area contributed by atoms with Crippen molar-refractivity contribution in [2.45, 2.75) is 12.8 Å². The van der Waals surface area contributed by atoms with Gasteiger partial charge in [0, 0.05) is 52.3 Å². The monoisotopic (exact) mass is 316 g/mol. The van der Waals surface area contributed by atoms with Gasteiger partial charge in [-0.3, -0.25) is 9.39 Å². The van der Waals surface area contributed by atoms with Crippen molar-refractivity contribution in [1.29, 1.82) is 0 Å². The fraction of sp³-hybridized carbons (Fsp3) is 0.562. The maximum atomic E-state index is 5.44. The molecule has 1 N–H and O–H groups in total. The minimum Gasteiger partial charge on any atom is -0.381 e. The highest BCUT2D eigenvalue weighted by Crippen LogP contribution is 2.13. The van der Waals surface area contributed by atoms with Gasteiger partial charge in [-0.25, -0.2) is 0 Å². The summed E-state index contributed by atoms with van der Waals surface area (Å²) in [6.07, 6.45) is 3.92. The molecule has 2 aromatic heterocycles. The van der Waals surface area contributed by atoms with E-state index in [1.165, 1.54) is 0 Å². The molecule has 7 heteroatoms. The van der Waals surface area contributed by atoms with E-state index in [9.17, 15) is 0 Å². The van der Waals surface area contributed by atoms with Gasteiger partial charge < -0.3 is 15.0 Å². The fourth-order valence-corrected chi connectivity index (χ4v) is 2.93. The molecule has 0 aliphatic carbocycles. The van der Waals surface area contributed by atoms with Crippen molar-refractivity contribution in [2.75, 3.05) is 40.4 Å². The quantitative estimate of drug-likeness (QED) is 0.653. The Kier molecular flexibility index (Phi) is 5.07. The number of aliphatic imine (C=N–C) groups is 1. The first kappa shape index (κ1) is 15.7. The molecule has 1 atom stereocenters. The lowest BCUT2D eigenvalue weighted by atomic mass is 10.1. The number of nitrogens with one attached hydrogen (secondary N) is 1. The highest BCUT2D eigenvalue weighted by molar-refractivity contribution is 5.79. The van der Waals surface area contributed by atoms with Crippen LogP contribution in [-0.2, 0) is 11.2 Å². The summed E-state index contributed by atoms with van der Waals surface area (Å²) in [7, 11) is 3.89. The van der Waals surface area contributed by atoms with Crippen LogP contribution < -0.4 is 5.32 Å². The van der Waals surface area contributed by atoms with Crippen LogP contribution in [0.5, 0.6) is 0 Å². The van der Waals surface area contributed by atoms with Crippen LogP contribution in [0.3, 0.4) is 0 Å². The second kappa shape index (κ2) is 7.41. The Morgan fingerprint density at radius 2 is 2.39 bits per heavy atom. The van der Waals surface area contributed by atoms with E-state index < -0.39 is 0 Å². The molecule has 3 heterocycles. The van der Waals surface area contributed by atoms with Crippen molar-refractivity contribution in [1.82, 2.24) is 24.8 Å². The molecule has 0 saturated carbocycles. The summed E-state index contributed by atoms with van der Waals surface area (Å²) < 4.78 is 7.46. The molecule has 1 fully saturated rings. The molecule has 0 spiro atoms. The third kappa shape index (κ3) is 3.79. The van der Waals surface area contributed by atoms with Crippen LogP contribution in [0.15, 0.2) is 29.4 Å². The Balaban J connectivity index is 1.51. The predicted molar refractivity (Wildman–Crippen MR) is 89.6 cm³/mol. The van der Waals surface area contributed by atoms with E-state index in [1.54, 1.807) is 0 Å². The third-order valence-electron chi connectivity index (χ3n) is 4.15. The highest BCUT2D eigenvalue weighted by atomic mass is 16.5. The highest BCUT2D eigenvalue weighted by Gasteiger charge is 2.19. The summed E-state index contributed by atoms with van der Waals surface area (Å²) >= 11 is 0. The van der Waals surface area contributed by atoms with Crippen molar-refractivity contribution in [3.8, 4) is 0 Å². The van der Waals surface area contributed by atoms with E-state index in [0.29, 0.717) is 5.92 Å². The van der Waals surface area contributed by atoms with Gasteiger partial charge in [-0.05, 0) is 18.6 Å². The van der Waals surface area contributed by atoms with Crippen molar-refractivity contribution in [3.63, 3.8) is 0 Å². The fourth-order valence-electron chi connectivity index (χ4n) is 2.93. The summed E-state index contributed by atoms with van der Waals surface area (Å²) in [6, 6.07) is 5.92. The van der Waals surface area contributed by atoms with Crippen molar-refractivity contribution >= 4 is 11.6 Å². The van der Waals surface area contributed by atoms with Crippen LogP contribution >= 0.6 is 0 Å². The van der Waals surface area contributed by atoms with Crippen molar-refractivity contribution < 1.29 is 4.74 Å². The van der Waals surface area contributed by atoms with Gasteiger partial charge in [0.05, 0.1) is 6.61 Å². The van der Waals surface area contributed by atoms with Gasteiger partial charge in [0.25, 0.3) is 0 Å². The zero-order valence-electron chi connectivity index (χ0n) is 13.8. The van der Waals surface area contributed by atoms with Crippen molar-refractivity contribution in [3.05, 3.63) is 30.2 Å². The molecular weight excluding hydrogens is 292 g/mol. The molecule has 0 amide bonds. The SMILES string of the molecule is CN=C(NCCc1nnc2ccccn12)N(C)CC1CCOC1. The van der Waals surface area contributed by atoms with Gasteiger partial charge in [0.1, 0.15) is 5.82 Å². The molecule has 1 aliphatic rings. The van der Waals surface area contributed by atoms with Crippen LogP contribution in [0.2, 0.25) is 0 Å². The summed E-state index contributed by atoms with van der Waals surface area (Å²) in [6.45, 7) is 3.47. The van der Waals surface area contributed by atoms with Crippen LogP contribution in [-0.4, -0.2) is 65.9 Å². The molecule has 2 aromatic rings. The molecule has 1 saturated heterocycles. The Bertz CT molecular complexity index is 661. The molecule has 3 rings (SSSR count). The number of aromatic nitrogens is 3. The van der Waals surface area contributed by atoms with Gasteiger partial charge in [0.2, 0.25) is 0 Å². The van der Waals surface area contributed by atoms with Crippen LogP contribution in [0.4, 0.5) is 0 Å². The van der Waals surface area contributed by atoms with Crippen LogP contribution in [0, 0.1) is 5.92 Å². The van der Waals surface area contributed by atoms with Crippen LogP contribution in [0.25, 0.3) is 5.65 Å². The molecule has 1 unspecified atom stereocenters. The lowest BCUT2D eigenvalue weighted by Crippen LogP contribution is -2.42. The first-order chi connectivity index (χ1) is 11.3. The number of ether oxygens (including phenoxy) is 1. The van der Waals surface area contributed by atoms with Gasteiger partial charge in [0.15, 0.2) is 11.6 Å². The van der Waals surface area contributed by atoms with E-state index in [4.69, 9.17) is 4.74 Å². The first-order valence-corrected chi connectivity index (χ1v) is 8.06. The molecular formula is C16H24N6O. The lowest BCUT2D eigenvalue weighted by molar-refractivity contribution is 0.181. The van der Waals surface area contributed by atoms with Crippen molar-refractivity contribution in [2.24, 2.45) is 10.9 Å². The first-order valence-electron chi connectivity index (χ1n) is 8.06. The number of guanidine groups is 1. The smallest absolute Gasteiger partial charge is 0.193 e. The summed E-state index contributed by atoms with van der Waals surface area (Å²) in [4.78, 5) is 6.53. The molecule has 0 radical (unpaired) electrons. The van der Waals surface area contributed by atoms with E-state index >= 15 is 0 Å². The number of fused-ring (bicyclic) bond motifs is 1. The molecule has 124 valence electrons. The summed E-state index contributed by atoms with van der Waals surface area (Å²) in [5, 5.41) is 11.8. The maximum absolute atomic E-state index is 5.44. The number of nitrogens with zero attached hydrogens (tertiary/aromatic N) is 5. The summed E-state index contributed by atoms with van der Waals surface area (Å²) in [5.41, 5.74) is 0.880. The maximum Gasteiger partial charge on any atom is 0.193 e. The largest absolute Gasteiger partial charge is 0.381 e. The number of pyridine rings is 1. The van der Waals surface area contributed by atoms with E-state index in [2.05, 4.69) is 32.5 Å². The number of hydrogen-bond donors (Lipinski definition) is 1. The second-order valence-electron chi connectivity index (χ2n) is 5.88. The average molecular weight is 316 g/mol. The van der Waals surface area contributed by atoms with Gasteiger partial charge in [-0.2, -0.15) is 0 Å². The van der Waals surface area contributed by atoms with Gasteiger partial charge >= 0.3 is 0 Å². The molecule has 23 heavy (non-hydrogen) atoms. The minimum atomic E-state index is 0.596. The van der Waals surface area contributed by atoms with Gasteiger partial charge in [-0.15, -0.1) is 10.2 Å². The van der Waals surface area contributed by atoms with Gasteiger partial charge in [-0.1, -0.05) is 6.07 Å². The zero-order chi connectivity index (χ0) is 16.1. The minimum absolute atomic E-state index is 0.596. The normalized spacial score (nSPS) is 18.5. The summed E-state index contributed by atoms with van der Waals surface area (Å²) in [5.74, 6) is 2.46.